The van der Waals surface area contributed by atoms with E-state index in [1.807, 2.05) is 18.2 Å². The zero-order chi connectivity index (χ0) is 21.1. The van der Waals surface area contributed by atoms with Gasteiger partial charge in [-0.3, -0.25) is 9.69 Å². The number of fused-ring (bicyclic) bond motifs is 1. The molecule has 1 atom stereocenters. The summed E-state index contributed by atoms with van der Waals surface area (Å²) in [5, 5.41) is 15.4. The fourth-order valence-corrected chi connectivity index (χ4v) is 3.40. The lowest BCUT2D eigenvalue weighted by atomic mass is 10.0. The van der Waals surface area contributed by atoms with Crippen LogP contribution in [0.4, 0.5) is 10.3 Å². The van der Waals surface area contributed by atoms with Gasteiger partial charge in [-0.2, -0.15) is 4.68 Å². The molecule has 7 nitrogen and oxygen atoms in total. The van der Waals surface area contributed by atoms with Crippen LogP contribution < -0.4 is 10.2 Å². The Morgan fingerprint density at radius 2 is 1.93 bits per heavy atom. The molecule has 0 saturated carbocycles. The Balaban J connectivity index is 1.79. The highest BCUT2D eigenvalue weighted by molar-refractivity contribution is 6.30. The molecule has 3 aromatic rings. The van der Waals surface area contributed by atoms with E-state index in [0.717, 1.165) is 16.8 Å². The number of anilines is 1. The zero-order valence-corrected chi connectivity index (χ0v) is 16.6. The van der Waals surface area contributed by atoms with Gasteiger partial charge in [-0.15, -0.1) is 6.58 Å². The van der Waals surface area contributed by atoms with Crippen molar-refractivity contribution in [3.05, 3.63) is 89.2 Å². The van der Waals surface area contributed by atoms with Crippen LogP contribution in [0.25, 0.3) is 5.70 Å². The molecular formula is C21H18ClFN6O. The van der Waals surface area contributed by atoms with Crippen molar-refractivity contribution < 1.29 is 9.18 Å². The molecule has 9 heteroatoms. The first-order chi connectivity index (χ1) is 14.6. The lowest BCUT2D eigenvalue weighted by molar-refractivity contribution is -0.119. The predicted molar refractivity (Wildman–Crippen MR) is 112 cm³/mol. The van der Waals surface area contributed by atoms with Crippen LogP contribution in [-0.4, -0.2) is 39.2 Å². The molecule has 0 fully saturated rings. The predicted octanol–water partition coefficient (Wildman–Crippen LogP) is 3.22. The van der Waals surface area contributed by atoms with E-state index in [1.165, 1.54) is 12.1 Å². The number of carbonyl (C=O) groups excluding carboxylic acids is 1. The average molecular weight is 425 g/mol. The Labute approximate surface area is 177 Å². The van der Waals surface area contributed by atoms with E-state index in [2.05, 4.69) is 27.4 Å². The van der Waals surface area contributed by atoms with Crippen molar-refractivity contribution in [1.29, 1.82) is 0 Å². The largest absolute Gasteiger partial charge is 0.351 e. The number of hydrogen-bond acceptors (Lipinski definition) is 5. The van der Waals surface area contributed by atoms with Crippen LogP contribution in [0.3, 0.4) is 0 Å². The molecule has 30 heavy (non-hydrogen) atoms. The summed E-state index contributed by atoms with van der Waals surface area (Å²) in [6, 6.07) is 13.1. The molecule has 2 aromatic carbocycles. The van der Waals surface area contributed by atoms with E-state index in [9.17, 15) is 9.18 Å². The summed E-state index contributed by atoms with van der Waals surface area (Å²) in [6.07, 6.45) is 3.55. The quantitative estimate of drug-likeness (QED) is 0.615. The van der Waals surface area contributed by atoms with Crippen LogP contribution in [0, 0.1) is 5.82 Å². The second kappa shape index (κ2) is 8.46. The third-order valence-corrected chi connectivity index (χ3v) is 4.94. The average Bonchev–Trinajstić information content (AvgIpc) is 3.24. The number of amides is 1. The SMILES string of the molecule is C=CCNC(=O)CN1C(c2ccc(Cl)cc2)=C[C@H](c2ccc(F)cc2)n2nnnc21. The molecule has 4 rings (SSSR count). The number of nitrogens with zero attached hydrogens (tertiary/aromatic N) is 5. The number of allylic oxidation sites excluding steroid dienone is 1. The lowest BCUT2D eigenvalue weighted by Crippen LogP contribution is -2.40. The number of tetrazole rings is 1. The Bertz CT molecular complexity index is 1090. The number of carbonyl (C=O) groups is 1. The van der Waals surface area contributed by atoms with Gasteiger partial charge < -0.3 is 5.32 Å². The van der Waals surface area contributed by atoms with Gasteiger partial charge in [-0.1, -0.05) is 47.0 Å². The number of hydrogen-bond donors (Lipinski definition) is 1. The van der Waals surface area contributed by atoms with Crippen molar-refractivity contribution in [2.24, 2.45) is 0 Å². The van der Waals surface area contributed by atoms with Crippen LogP contribution >= 0.6 is 11.6 Å². The third kappa shape index (κ3) is 3.95. The van der Waals surface area contributed by atoms with Crippen LogP contribution in [0.5, 0.6) is 0 Å². The monoisotopic (exact) mass is 424 g/mol. The summed E-state index contributed by atoms with van der Waals surface area (Å²) in [6.45, 7) is 3.98. The first-order valence-electron chi connectivity index (χ1n) is 9.23. The molecular weight excluding hydrogens is 407 g/mol. The van der Waals surface area contributed by atoms with E-state index < -0.39 is 0 Å². The van der Waals surface area contributed by atoms with Crippen LogP contribution in [0.15, 0.2) is 67.3 Å². The van der Waals surface area contributed by atoms with Crippen molar-refractivity contribution in [2.45, 2.75) is 6.04 Å². The molecule has 152 valence electrons. The van der Waals surface area contributed by atoms with Crippen LogP contribution in [0.1, 0.15) is 17.2 Å². The number of nitrogens with one attached hydrogen (secondary N) is 1. The first-order valence-corrected chi connectivity index (χ1v) is 9.61. The number of halogens is 2. The molecule has 1 aromatic heterocycles. The van der Waals surface area contributed by atoms with E-state index in [1.54, 1.807) is 39.9 Å². The number of benzene rings is 2. The minimum atomic E-state index is -0.367. The van der Waals surface area contributed by atoms with E-state index in [0.29, 0.717) is 17.5 Å². The maximum Gasteiger partial charge on any atom is 0.251 e. The van der Waals surface area contributed by atoms with Gasteiger partial charge in [0.15, 0.2) is 0 Å². The fourth-order valence-electron chi connectivity index (χ4n) is 3.28. The summed E-state index contributed by atoms with van der Waals surface area (Å²) in [5.41, 5.74) is 2.40. The second-order valence-electron chi connectivity index (χ2n) is 6.66. The van der Waals surface area contributed by atoms with Crippen molar-refractivity contribution in [3.8, 4) is 0 Å². The van der Waals surface area contributed by atoms with Crippen molar-refractivity contribution in [1.82, 2.24) is 25.5 Å². The smallest absolute Gasteiger partial charge is 0.251 e. The van der Waals surface area contributed by atoms with Gasteiger partial charge in [0.2, 0.25) is 5.91 Å². The summed E-state index contributed by atoms with van der Waals surface area (Å²) in [7, 11) is 0. The highest BCUT2D eigenvalue weighted by atomic mass is 35.5. The van der Waals surface area contributed by atoms with Crippen molar-refractivity contribution in [3.63, 3.8) is 0 Å². The highest BCUT2D eigenvalue weighted by Crippen LogP contribution is 2.36. The maximum atomic E-state index is 13.4. The Kier molecular flexibility index (Phi) is 5.58. The first kappa shape index (κ1) is 19.8. The summed E-state index contributed by atoms with van der Waals surface area (Å²) >= 11 is 6.05. The minimum Gasteiger partial charge on any atom is -0.351 e. The van der Waals surface area contributed by atoms with Crippen molar-refractivity contribution in [2.75, 3.05) is 18.0 Å². The van der Waals surface area contributed by atoms with E-state index in [-0.39, 0.29) is 24.3 Å². The van der Waals surface area contributed by atoms with Gasteiger partial charge in [-0.25, -0.2) is 4.39 Å². The molecule has 0 aliphatic carbocycles. The number of aromatic nitrogens is 4. The van der Waals surface area contributed by atoms with Gasteiger partial charge in [0.25, 0.3) is 5.95 Å². The summed E-state index contributed by atoms with van der Waals surface area (Å²) < 4.78 is 15.0. The van der Waals surface area contributed by atoms with Crippen LogP contribution in [-0.2, 0) is 4.79 Å². The molecule has 1 aliphatic heterocycles. The van der Waals surface area contributed by atoms with Crippen LogP contribution in [0.2, 0.25) is 5.02 Å². The number of rotatable bonds is 6. The zero-order valence-electron chi connectivity index (χ0n) is 15.9. The van der Waals surface area contributed by atoms with Gasteiger partial charge in [0.1, 0.15) is 18.4 Å². The Morgan fingerprint density at radius 1 is 1.20 bits per heavy atom. The van der Waals surface area contributed by atoms with Gasteiger partial charge in [0, 0.05) is 11.6 Å². The molecule has 1 amide bonds. The normalized spacial score (nSPS) is 15.3. The topological polar surface area (TPSA) is 75.9 Å². The lowest BCUT2D eigenvalue weighted by Gasteiger charge is -2.32. The molecule has 0 spiro atoms. The van der Waals surface area contributed by atoms with E-state index in [4.69, 9.17) is 11.6 Å². The second-order valence-corrected chi connectivity index (χ2v) is 7.09. The summed E-state index contributed by atoms with van der Waals surface area (Å²) in [4.78, 5) is 14.2. The minimum absolute atomic E-state index is 0.0127. The molecule has 0 saturated heterocycles. The Hall–Kier alpha value is -3.52. The molecule has 1 N–H and O–H groups in total. The highest BCUT2D eigenvalue weighted by Gasteiger charge is 2.31. The van der Waals surface area contributed by atoms with Crippen molar-refractivity contribution >= 4 is 29.2 Å². The third-order valence-electron chi connectivity index (χ3n) is 4.68. The molecule has 2 heterocycles. The molecule has 0 unspecified atom stereocenters. The molecule has 0 bridgehead atoms. The standard InChI is InChI=1S/C21H18ClFN6O/c1-2-11-24-20(30)13-28-18(14-3-7-16(22)8-4-14)12-19(29-21(28)25-26-27-29)15-5-9-17(23)10-6-15/h2-10,12,19H,1,11,13H2,(H,24,30)/t19-/m1/s1. The molecule has 0 radical (unpaired) electrons. The Morgan fingerprint density at radius 3 is 2.63 bits per heavy atom. The maximum absolute atomic E-state index is 13.4. The van der Waals surface area contributed by atoms with E-state index >= 15 is 0 Å². The van der Waals surface area contributed by atoms with Gasteiger partial charge in [0.05, 0.1) is 5.70 Å². The molecule has 1 aliphatic rings. The summed E-state index contributed by atoms with van der Waals surface area (Å²) in [5.74, 6) is -0.121. The fraction of sp³-hybridized carbons (Fsp3) is 0.143. The van der Waals surface area contributed by atoms with Gasteiger partial charge in [-0.05, 0) is 51.9 Å². The van der Waals surface area contributed by atoms with Gasteiger partial charge >= 0.3 is 0 Å².